The minimum atomic E-state index is -5.18. The lowest BCUT2D eigenvalue weighted by Crippen LogP contribution is -2.27. The highest BCUT2D eigenvalue weighted by atomic mass is 32.2. The molecule has 2 amide bonds. The van der Waals surface area contributed by atoms with Crippen molar-refractivity contribution < 1.29 is 124 Å². The second-order valence-corrected chi connectivity index (χ2v) is 20.8. The highest BCUT2D eigenvalue weighted by Crippen LogP contribution is 2.48. The monoisotopic (exact) mass is 1220 g/mol. The van der Waals surface area contributed by atoms with Gasteiger partial charge in [0.15, 0.2) is 0 Å². The topological polar surface area (TPSA) is 164 Å². The summed E-state index contributed by atoms with van der Waals surface area (Å²) in [7, 11) is -10.4. The van der Waals surface area contributed by atoms with E-state index in [1.165, 1.54) is 24.3 Å². The van der Waals surface area contributed by atoms with Gasteiger partial charge in [-0.05, 0) is 60.4 Å². The highest BCUT2D eigenvalue weighted by Gasteiger charge is 2.40. The first kappa shape index (κ1) is 58.5. The molecule has 14 nitrogen and oxygen atoms in total. The summed E-state index contributed by atoms with van der Waals surface area (Å²) in [6.45, 7) is -0.272. The van der Waals surface area contributed by atoms with Crippen LogP contribution in [0.25, 0.3) is 0 Å². The van der Waals surface area contributed by atoms with E-state index in [1.54, 1.807) is 0 Å². The molecule has 0 aliphatic carbocycles. The molecule has 2 saturated heterocycles. The lowest BCUT2D eigenvalue weighted by Gasteiger charge is -2.30. The minimum Gasteiger partial charge on any atom is -0.493 e. The number of ether oxygens (including phenoxy) is 4. The van der Waals surface area contributed by atoms with Crippen LogP contribution in [0.1, 0.15) is 58.1 Å². The summed E-state index contributed by atoms with van der Waals surface area (Å²) in [5.41, 5.74) is -1.09. The third-order valence-corrected chi connectivity index (χ3v) is 15.4. The van der Waals surface area contributed by atoms with Crippen LogP contribution in [0.4, 0.5) is 91.2 Å². The Morgan fingerprint density at radius 2 is 0.732 bits per heavy atom. The van der Waals surface area contributed by atoms with Crippen molar-refractivity contribution in [3.63, 3.8) is 0 Å². The summed E-state index contributed by atoms with van der Waals surface area (Å²) in [6.07, 6.45) is -10.8. The number of hydrogen-bond donors (Lipinski definition) is 0. The van der Waals surface area contributed by atoms with Gasteiger partial charge in [-0.15, -0.1) is 0 Å². The van der Waals surface area contributed by atoms with E-state index in [0.29, 0.717) is 0 Å². The third kappa shape index (κ3) is 10.9. The van der Waals surface area contributed by atoms with Gasteiger partial charge in [0.2, 0.25) is 69.7 Å². The van der Waals surface area contributed by atoms with Crippen LogP contribution in [0.15, 0.2) is 82.6 Å². The number of carbonyl (C=O) groups is 2. The molecule has 82 heavy (non-hydrogen) atoms. The number of nitrogens with zero attached hydrogens (tertiary/aromatic N) is 2. The van der Waals surface area contributed by atoms with E-state index in [1.807, 2.05) is 0 Å². The Labute approximate surface area is 450 Å². The van der Waals surface area contributed by atoms with E-state index in [9.17, 15) is 96.7 Å². The molecule has 6 aromatic rings. The molecule has 0 saturated carbocycles. The van der Waals surface area contributed by atoms with Crippen LogP contribution in [-0.4, -0.2) is 68.5 Å². The van der Waals surface area contributed by atoms with E-state index in [2.05, 4.69) is 8.37 Å². The maximum Gasteiger partial charge on any atom is 0.416 e. The number of fused-ring (bicyclic) bond motifs is 2. The van der Waals surface area contributed by atoms with Gasteiger partial charge in [-0.3, -0.25) is 9.80 Å². The molecule has 2 atom stereocenters. The average molecular weight is 1220 g/mol. The fourth-order valence-corrected chi connectivity index (χ4v) is 10.9. The van der Waals surface area contributed by atoms with E-state index in [0.717, 1.165) is 58.3 Å². The van der Waals surface area contributed by atoms with Gasteiger partial charge in [0.05, 0.1) is 48.8 Å². The molecule has 0 radical (unpaired) electrons. The molecule has 6 aromatic carbocycles. The number of benzene rings is 6. The predicted octanol–water partition coefficient (Wildman–Crippen LogP) is 12.1. The second kappa shape index (κ2) is 21.6. The van der Waals surface area contributed by atoms with E-state index < -0.39 is 147 Å². The molecule has 2 fully saturated rings. The summed E-state index contributed by atoms with van der Waals surface area (Å²) < 4.78 is 298. The maximum atomic E-state index is 14.0. The van der Waals surface area contributed by atoms with Crippen molar-refractivity contribution in [3.05, 3.63) is 164 Å². The van der Waals surface area contributed by atoms with Crippen molar-refractivity contribution in [1.29, 1.82) is 0 Å². The van der Waals surface area contributed by atoms with Crippen molar-refractivity contribution in [2.24, 2.45) is 0 Å². The molecule has 0 N–H and O–H groups in total. The molecule has 10 rings (SSSR count). The zero-order valence-corrected chi connectivity index (χ0v) is 42.0. The van der Waals surface area contributed by atoms with Gasteiger partial charge in [0, 0.05) is 35.1 Å². The Balaban J connectivity index is 0.000000198. The van der Waals surface area contributed by atoms with Crippen molar-refractivity contribution in [2.45, 2.75) is 46.8 Å². The molecule has 0 unspecified atom stereocenters. The summed E-state index contributed by atoms with van der Waals surface area (Å²) in [4.78, 5) is 25.0. The molecule has 32 heteroatoms. The molecule has 0 spiro atoms. The number of rotatable bonds is 10. The summed E-state index contributed by atoms with van der Waals surface area (Å²) in [6, 6.07) is 11.5. The van der Waals surface area contributed by atoms with Crippen molar-refractivity contribution in [3.8, 4) is 23.0 Å². The minimum absolute atomic E-state index is 0.0184. The van der Waals surface area contributed by atoms with Crippen molar-refractivity contribution in [1.82, 2.24) is 0 Å². The Hall–Kier alpha value is -8.16. The van der Waals surface area contributed by atoms with Gasteiger partial charge in [0.1, 0.15) is 34.5 Å². The number of halogens is 16. The smallest absolute Gasteiger partial charge is 0.416 e. The maximum absolute atomic E-state index is 14.0. The largest absolute Gasteiger partial charge is 0.493 e. The van der Waals surface area contributed by atoms with E-state index in [4.69, 9.17) is 18.9 Å². The molecule has 4 aliphatic rings. The second-order valence-electron chi connectivity index (χ2n) is 17.7. The molecule has 4 heterocycles. The van der Waals surface area contributed by atoms with Gasteiger partial charge >= 0.3 is 44.8 Å². The Morgan fingerprint density at radius 3 is 1.04 bits per heavy atom. The number of anilines is 2. The van der Waals surface area contributed by atoms with Gasteiger partial charge in [-0.25, -0.2) is 35.9 Å². The summed E-state index contributed by atoms with van der Waals surface area (Å²) >= 11 is 0. The first-order valence-electron chi connectivity index (χ1n) is 23.2. The fourth-order valence-electron chi connectivity index (χ4n) is 9.05. The zero-order chi connectivity index (χ0) is 59.7. The fraction of sp³-hybridized carbons (Fsp3) is 0.240. The normalized spacial score (nSPS) is 17.2. The molecular formula is C50H30F16N2O12S2. The Bertz CT molecular complexity index is 3540. The molecule has 436 valence electrons. The van der Waals surface area contributed by atoms with E-state index in [-0.39, 0.29) is 97.5 Å². The van der Waals surface area contributed by atoms with Gasteiger partial charge in [-0.2, -0.15) is 60.7 Å². The summed E-state index contributed by atoms with van der Waals surface area (Å²) in [5.74, 6) is -30.4. The Morgan fingerprint density at radius 1 is 0.415 bits per heavy atom. The van der Waals surface area contributed by atoms with Gasteiger partial charge in [-0.1, -0.05) is 24.3 Å². The number of carbonyl (C=O) groups excluding carboxylic acids is 2. The van der Waals surface area contributed by atoms with Crippen molar-refractivity contribution in [2.75, 3.05) is 49.3 Å². The lowest BCUT2D eigenvalue weighted by molar-refractivity contribution is -0.138. The van der Waals surface area contributed by atoms with Crippen LogP contribution >= 0.6 is 0 Å². The zero-order valence-electron chi connectivity index (χ0n) is 40.4. The molecule has 0 bridgehead atoms. The first-order valence-corrected chi connectivity index (χ1v) is 26.0. The number of alkyl halides is 6. The molecule has 4 aliphatic heterocycles. The predicted molar refractivity (Wildman–Crippen MR) is 245 cm³/mol. The highest BCUT2D eigenvalue weighted by molar-refractivity contribution is 7.87. The Kier molecular flexibility index (Phi) is 15.4. The summed E-state index contributed by atoms with van der Waals surface area (Å²) in [5, 5.41) is 0. The van der Waals surface area contributed by atoms with Gasteiger partial charge < -0.3 is 27.3 Å². The lowest BCUT2D eigenvalue weighted by atomic mass is 9.85. The number of amides is 2. The van der Waals surface area contributed by atoms with Crippen LogP contribution in [0.3, 0.4) is 0 Å². The number of hydrogen-bond acceptors (Lipinski definition) is 12. The number of cyclic esters (lactones) is 2. The molecular weight excluding hydrogens is 1190 g/mol. The van der Waals surface area contributed by atoms with Crippen LogP contribution in [0.2, 0.25) is 0 Å². The first-order chi connectivity index (χ1) is 38.4. The van der Waals surface area contributed by atoms with Crippen LogP contribution in [0, 0.1) is 58.2 Å². The van der Waals surface area contributed by atoms with Crippen molar-refractivity contribution >= 4 is 43.8 Å². The SMILES string of the molecule is O=C1OCCN1c1cc(C(F)(F)F)ccc1[C@@H]1CCOc2cc(S(=O)(=O)Oc3c(F)c(F)c(F)c(F)c3F)ccc21.O=C1OCCN1c1cc(C(F)(F)F)ccc1[C@H]1CCOc2cc(S(=O)(=O)Oc3c(F)c(F)c(F)c(F)c3F)ccc21. The molecule has 0 aromatic heterocycles. The third-order valence-electron chi connectivity index (χ3n) is 12.9. The van der Waals surface area contributed by atoms with Crippen LogP contribution in [-0.2, 0) is 42.1 Å². The van der Waals surface area contributed by atoms with Crippen LogP contribution in [0.5, 0.6) is 23.0 Å². The van der Waals surface area contributed by atoms with Crippen LogP contribution < -0.4 is 27.6 Å². The standard InChI is InChI=1S/2C25H15F8NO6S/c2*26-18-19(27)21(29)23(22(30)20(18)28)40-41(36,37)12-2-4-15-13(5-7-38-17(15)10-12)14-3-1-11(25(31,32)33)9-16(14)34-6-8-39-24(34)35/h2*1-4,9-10,13H,5-8H2/t2*13-/m10/s1. The quantitative estimate of drug-likeness (QED) is 0.0553. The van der Waals surface area contributed by atoms with Gasteiger partial charge in [0.25, 0.3) is 0 Å². The average Bonchev–Trinajstić information content (AvgIpc) is 4.14. The van der Waals surface area contributed by atoms with E-state index >= 15 is 0 Å².